The van der Waals surface area contributed by atoms with Crippen LogP contribution in [0.3, 0.4) is 0 Å². The van der Waals surface area contributed by atoms with Crippen LogP contribution < -0.4 is 0 Å². The summed E-state index contributed by atoms with van der Waals surface area (Å²) in [4.78, 5) is 0. The van der Waals surface area contributed by atoms with E-state index in [0.29, 0.717) is 32.5 Å². The molecular weight excluding hydrogens is 256 g/mol. The summed E-state index contributed by atoms with van der Waals surface area (Å²) < 4.78 is 31.8. The van der Waals surface area contributed by atoms with Crippen molar-refractivity contribution in [1.29, 1.82) is 0 Å². The van der Waals surface area contributed by atoms with Crippen LogP contribution in [0.25, 0.3) is 0 Å². The van der Waals surface area contributed by atoms with Gasteiger partial charge in [-0.3, -0.25) is 0 Å². The molecule has 1 aliphatic heterocycles. The normalized spacial score (nSPS) is 19.2. The molecular formula is C11H24O6Si. The van der Waals surface area contributed by atoms with Gasteiger partial charge in [0.25, 0.3) is 0 Å². The Morgan fingerprint density at radius 3 is 2.17 bits per heavy atom. The number of ether oxygens (including phenoxy) is 3. The highest BCUT2D eigenvalue weighted by molar-refractivity contribution is 6.60. The smallest absolute Gasteiger partial charge is 0.379 e. The largest absolute Gasteiger partial charge is 0.500 e. The fourth-order valence-corrected chi connectivity index (χ4v) is 3.24. The van der Waals surface area contributed by atoms with E-state index < -0.39 is 8.80 Å². The average Bonchev–Trinajstić information content (AvgIpc) is 3.22. The van der Waals surface area contributed by atoms with Gasteiger partial charge >= 0.3 is 8.80 Å². The van der Waals surface area contributed by atoms with Crippen molar-refractivity contribution in [2.24, 2.45) is 0 Å². The Labute approximate surface area is 110 Å². The first kappa shape index (κ1) is 16.0. The molecule has 6 nitrogen and oxygen atoms in total. The van der Waals surface area contributed by atoms with Crippen LogP contribution in [0.1, 0.15) is 6.42 Å². The first-order chi connectivity index (χ1) is 8.76. The van der Waals surface area contributed by atoms with Crippen LogP contribution in [0.2, 0.25) is 6.04 Å². The molecule has 1 saturated heterocycles. The summed E-state index contributed by atoms with van der Waals surface area (Å²) in [7, 11) is 2.43. The first-order valence-corrected chi connectivity index (χ1v) is 8.12. The van der Waals surface area contributed by atoms with Crippen molar-refractivity contribution in [2.75, 3.05) is 54.4 Å². The molecule has 0 N–H and O–H groups in total. The highest BCUT2D eigenvalue weighted by atomic mass is 28.4. The highest BCUT2D eigenvalue weighted by Gasteiger charge is 2.36. The molecule has 0 aromatic carbocycles. The Balaban J connectivity index is 1.89. The van der Waals surface area contributed by atoms with Gasteiger partial charge in [-0.15, -0.1) is 0 Å². The van der Waals surface area contributed by atoms with Crippen molar-refractivity contribution in [3.63, 3.8) is 0 Å². The van der Waals surface area contributed by atoms with E-state index in [4.69, 9.17) is 27.5 Å². The maximum Gasteiger partial charge on any atom is 0.500 e. The van der Waals surface area contributed by atoms with Crippen LogP contribution in [0.5, 0.6) is 0 Å². The lowest BCUT2D eigenvalue weighted by Gasteiger charge is -2.24. The molecule has 1 atom stereocenters. The molecule has 0 saturated carbocycles. The van der Waals surface area contributed by atoms with E-state index in [1.807, 2.05) is 0 Å². The third-order valence-corrected chi connectivity index (χ3v) is 5.61. The van der Waals surface area contributed by atoms with Gasteiger partial charge in [-0.25, -0.2) is 0 Å². The van der Waals surface area contributed by atoms with Crippen LogP contribution >= 0.6 is 0 Å². The molecule has 0 bridgehead atoms. The van der Waals surface area contributed by atoms with Gasteiger partial charge in [0, 0.05) is 34.0 Å². The Bertz CT molecular complexity index is 199. The van der Waals surface area contributed by atoms with Crippen molar-refractivity contribution < 1.29 is 27.5 Å². The summed E-state index contributed by atoms with van der Waals surface area (Å²) in [6.45, 7) is 3.39. The minimum absolute atomic E-state index is 0.321. The highest BCUT2D eigenvalue weighted by Crippen LogP contribution is 2.14. The van der Waals surface area contributed by atoms with Crippen molar-refractivity contribution in [3.05, 3.63) is 0 Å². The van der Waals surface area contributed by atoms with Gasteiger partial charge in [-0.05, 0) is 6.42 Å². The van der Waals surface area contributed by atoms with Gasteiger partial charge in [-0.1, -0.05) is 0 Å². The van der Waals surface area contributed by atoms with E-state index in [1.54, 1.807) is 21.3 Å². The minimum atomic E-state index is -2.43. The number of epoxide rings is 1. The molecule has 7 heteroatoms. The molecule has 0 unspecified atom stereocenters. The Morgan fingerprint density at radius 2 is 1.61 bits per heavy atom. The Kier molecular flexibility index (Phi) is 7.99. The quantitative estimate of drug-likeness (QED) is 0.298. The molecule has 1 fully saturated rings. The number of hydrogen-bond donors (Lipinski definition) is 0. The van der Waals surface area contributed by atoms with Gasteiger partial charge in [-0.2, -0.15) is 0 Å². The summed E-state index contributed by atoms with van der Waals surface area (Å²) in [5.41, 5.74) is 0. The van der Waals surface area contributed by atoms with E-state index in [0.717, 1.165) is 19.1 Å². The molecule has 18 heavy (non-hydrogen) atoms. The summed E-state index contributed by atoms with van der Waals surface area (Å²) in [6.07, 6.45) is 1.18. The summed E-state index contributed by atoms with van der Waals surface area (Å²) in [6, 6.07) is 0.757. The standard InChI is InChI=1S/C11H24O6Si/c1-12-18(13-2,14-3)8-4-5-15-6-7-16-9-11-10-17-11/h11H,4-10H2,1-3H3/t11-/m0/s1. The summed E-state index contributed by atoms with van der Waals surface area (Å²) >= 11 is 0. The van der Waals surface area contributed by atoms with E-state index in [9.17, 15) is 0 Å². The Morgan fingerprint density at radius 1 is 1.00 bits per heavy atom. The molecule has 0 aromatic heterocycles. The van der Waals surface area contributed by atoms with Gasteiger partial charge in [0.05, 0.1) is 26.4 Å². The predicted octanol–water partition coefficient (Wildman–Crippen LogP) is 0.687. The maximum absolute atomic E-state index is 5.45. The van der Waals surface area contributed by atoms with Gasteiger partial charge in [0.1, 0.15) is 6.10 Å². The number of hydrogen-bond acceptors (Lipinski definition) is 6. The lowest BCUT2D eigenvalue weighted by Crippen LogP contribution is -2.42. The van der Waals surface area contributed by atoms with Gasteiger partial charge in [0.2, 0.25) is 0 Å². The summed E-state index contributed by atoms with van der Waals surface area (Å²) in [5, 5.41) is 0. The predicted molar refractivity (Wildman–Crippen MR) is 67.6 cm³/mol. The molecule has 1 rings (SSSR count). The van der Waals surface area contributed by atoms with Crippen LogP contribution in [-0.4, -0.2) is 69.3 Å². The van der Waals surface area contributed by atoms with Crippen LogP contribution in [0.4, 0.5) is 0 Å². The topological polar surface area (TPSA) is 58.7 Å². The van der Waals surface area contributed by atoms with E-state index in [2.05, 4.69) is 0 Å². The average molecular weight is 280 g/mol. The van der Waals surface area contributed by atoms with Crippen LogP contribution in [-0.2, 0) is 27.5 Å². The van der Waals surface area contributed by atoms with E-state index in [1.165, 1.54) is 0 Å². The second kappa shape index (κ2) is 8.97. The monoisotopic (exact) mass is 280 g/mol. The van der Waals surface area contributed by atoms with Crippen LogP contribution in [0, 0.1) is 0 Å². The van der Waals surface area contributed by atoms with Gasteiger partial charge in [0.15, 0.2) is 0 Å². The molecule has 1 heterocycles. The first-order valence-electron chi connectivity index (χ1n) is 6.19. The van der Waals surface area contributed by atoms with Gasteiger partial charge < -0.3 is 27.5 Å². The van der Waals surface area contributed by atoms with Crippen molar-refractivity contribution in [1.82, 2.24) is 0 Å². The van der Waals surface area contributed by atoms with Crippen LogP contribution in [0.15, 0.2) is 0 Å². The van der Waals surface area contributed by atoms with Crippen molar-refractivity contribution >= 4 is 8.80 Å². The molecule has 1 aliphatic rings. The minimum Gasteiger partial charge on any atom is -0.379 e. The molecule has 0 spiro atoms. The van der Waals surface area contributed by atoms with Crippen molar-refractivity contribution in [2.45, 2.75) is 18.6 Å². The molecule has 0 aliphatic carbocycles. The summed E-state index contributed by atoms with van der Waals surface area (Å²) in [5.74, 6) is 0. The third-order valence-electron chi connectivity index (χ3n) is 2.78. The number of rotatable bonds is 12. The lowest BCUT2D eigenvalue weighted by atomic mass is 10.5. The zero-order chi connectivity index (χ0) is 13.3. The fraction of sp³-hybridized carbons (Fsp3) is 1.00. The second-order valence-electron chi connectivity index (χ2n) is 4.04. The second-order valence-corrected chi connectivity index (χ2v) is 7.13. The molecule has 0 aromatic rings. The lowest BCUT2D eigenvalue weighted by molar-refractivity contribution is 0.0402. The SMILES string of the molecule is CO[Si](CCCOCCOC[C@H]1CO1)(OC)OC. The molecule has 0 amide bonds. The molecule has 0 radical (unpaired) electrons. The zero-order valence-electron chi connectivity index (χ0n) is 11.5. The maximum atomic E-state index is 5.45. The Hall–Kier alpha value is -0.0231. The van der Waals surface area contributed by atoms with E-state index in [-0.39, 0.29) is 0 Å². The third kappa shape index (κ3) is 6.23. The van der Waals surface area contributed by atoms with E-state index >= 15 is 0 Å². The molecule has 108 valence electrons. The fourth-order valence-electron chi connectivity index (χ4n) is 1.55. The zero-order valence-corrected chi connectivity index (χ0v) is 12.5. The van der Waals surface area contributed by atoms with Crippen molar-refractivity contribution in [3.8, 4) is 0 Å².